The first-order valence-electron chi connectivity index (χ1n) is 7.38. The molecule has 0 spiro atoms. The van der Waals surface area contributed by atoms with Crippen LogP contribution in [-0.2, 0) is 0 Å². The molecule has 2 N–H and O–H groups in total. The van der Waals surface area contributed by atoms with Crippen molar-refractivity contribution in [3.63, 3.8) is 0 Å². The van der Waals surface area contributed by atoms with E-state index in [0.717, 1.165) is 13.1 Å². The number of rotatable bonds is 6. The molecular weight excluding hydrogens is 234 g/mol. The maximum atomic E-state index is 9.62. The summed E-state index contributed by atoms with van der Waals surface area (Å²) < 4.78 is 0. The van der Waals surface area contributed by atoms with E-state index in [1.165, 1.54) is 37.7 Å². The van der Waals surface area contributed by atoms with Crippen LogP contribution in [0.2, 0.25) is 0 Å². The Bertz CT molecular complexity index is 380. The molecule has 1 aromatic rings. The fraction of sp³-hybridized carbons (Fsp3) is 0.529. The molecule has 0 unspecified atom stereocenters. The summed E-state index contributed by atoms with van der Waals surface area (Å²) in [5, 5.41) is 13.1. The second-order valence-electron chi connectivity index (χ2n) is 5.66. The van der Waals surface area contributed by atoms with Gasteiger partial charge in [0.2, 0.25) is 0 Å². The van der Waals surface area contributed by atoms with Gasteiger partial charge in [0.15, 0.2) is 0 Å². The van der Waals surface area contributed by atoms with Crippen LogP contribution in [0.1, 0.15) is 37.7 Å². The van der Waals surface area contributed by atoms with Gasteiger partial charge in [0, 0.05) is 25.1 Å². The molecule has 1 aliphatic rings. The van der Waals surface area contributed by atoms with E-state index in [1.807, 2.05) is 6.07 Å². The predicted octanol–water partition coefficient (Wildman–Crippen LogP) is 3.23. The Morgan fingerprint density at radius 2 is 1.84 bits per heavy atom. The molecule has 1 saturated carbocycles. The van der Waals surface area contributed by atoms with E-state index < -0.39 is 0 Å². The van der Waals surface area contributed by atoms with Gasteiger partial charge in [0.25, 0.3) is 0 Å². The summed E-state index contributed by atoms with van der Waals surface area (Å²) in [5.74, 6) is 0. The molecule has 0 heterocycles. The minimum Gasteiger partial charge on any atom is -0.396 e. The Morgan fingerprint density at radius 1 is 1.11 bits per heavy atom. The predicted molar refractivity (Wildman–Crippen MR) is 80.9 cm³/mol. The van der Waals surface area contributed by atoms with Gasteiger partial charge in [-0.05, 0) is 18.4 Å². The molecule has 2 nitrogen and oxygen atoms in total. The SMILES string of the molecule is OCC1(CNC/C=C/c2ccccc2)CCCCC1. The van der Waals surface area contributed by atoms with Crippen molar-refractivity contribution in [2.45, 2.75) is 32.1 Å². The van der Waals surface area contributed by atoms with Crippen molar-refractivity contribution in [2.24, 2.45) is 5.41 Å². The summed E-state index contributed by atoms with van der Waals surface area (Å²) in [7, 11) is 0. The molecule has 0 radical (unpaired) electrons. The highest BCUT2D eigenvalue weighted by molar-refractivity contribution is 5.48. The fourth-order valence-electron chi connectivity index (χ4n) is 2.87. The zero-order chi connectivity index (χ0) is 13.4. The number of hydrogen-bond donors (Lipinski definition) is 2. The molecule has 1 fully saturated rings. The minimum absolute atomic E-state index is 0.138. The maximum Gasteiger partial charge on any atom is 0.0499 e. The van der Waals surface area contributed by atoms with Crippen LogP contribution in [0.5, 0.6) is 0 Å². The van der Waals surface area contributed by atoms with E-state index in [9.17, 15) is 5.11 Å². The second-order valence-corrected chi connectivity index (χ2v) is 5.66. The highest BCUT2D eigenvalue weighted by Crippen LogP contribution is 2.35. The van der Waals surface area contributed by atoms with Gasteiger partial charge in [-0.1, -0.05) is 61.7 Å². The maximum absolute atomic E-state index is 9.62. The molecular formula is C17H25NO. The lowest BCUT2D eigenvalue weighted by Crippen LogP contribution is -2.39. The Balaban J connectivity index is 1.72. The van der Waals surface area contributed by atoms with Crippen LogP contribution >= 0.6 is 0 Å². The van der Waals surface area contributed by atoms with Crippen LogP contribution in [0.15, 0.2) is 36.4 Å². The van der Waals surface area contributed by atoms with Crippen molar-refractivity contribution in [1.82, 2.24) is 5.32 Å². The van der Waals surface area contributed by atoms with Gasteiger partial charge >= 0.3 is 0 Å². The van der Waals surface area contributed by atoms with Gasteiger partial charge in [-0.25, -0.2) is 0 Å². The van der Waals surface area contributed by atoms with Gasteiger partial charge in [0.1, 0.15) is 0 Å². The lowest BCUT2D eigenvalue weighted by atomic mass is 9.74. The summed E-state index contributed by atoms with van der Waals surface area (Å²) in [6.45, 7) is 2.13. The summed E-state index contributed by atoms with van der Waals surface area (Å²) in [4.78, 5) is 0. The monoisotopic (exact) mass is 259 g/mol. The normalized spacial score (nSPS) is 18.8. The van der Waals surface area contributed by atoms with E-state index >= 15 is 0 Å². The van der Waals surface area contributed by atoms with Gasteiger partial charge in [-0.15, -0.1) is 0 Å². The molecule has 0 amide bonds. The van der Waals surface area contributed by atoms with Crippen LogP contribution in [-0.4, -0.2) is 24.8 Å². The zero-order valence-electron chi connectivity index (χ0n) is 11.6. The third kappa shape index (κ3) is 4.48. The highest BCUT2D eigenvalue weighted by atomic mass is 16.3. The van der Waals surface area contributed by atoms with Crippen molar-refractivity contribution in [2.75, 3.05) is 19.7 Å². The minimum atomic E-state index is 0.138. The lowest BCUT2D eigenvalue weighted by molar-refractivity contribution is 0.0824. The quantitative estimate of drug-likeness (QED) is 0.769. The van der Waals surface area contributed by atoms with E-state index in [-0.39, 0.29) is 5.41 Å². The Morgan fingerprint density at radius 3 is 2.53 bits per heavy atom. The molecule has 104 valence electrons. The van der Waals surface area contributed by atoms with E-state index in [2.05, 4.69) is 41.7 Å². The van der Waals surface area contributed by atoms with Crippen molar-refractivity contribution in [3.8, 4) is 0 Å². The Kier molecular flexibility index (Phi) is 5.62. The number of hydrogen-bond acceptors (Lipinski definition) is 2. The van der Waals surface area contributed by atoms with Gasteiger partial charge in [0.05, 0.1) is 0 Å². The first-order chi connectivity index (χ1) is 9.35. The molecule has 1 aromatic carbocycles. The van der Waals surface area contributed by atoms with E-state index in [0.29, 0.717) is 6.61 Å². The van der Waals surface area contributed by atoms with Gasteiger partial charge < -0.3 is 10.4 Å². The van der Waals surface area contributed by atoms with Crippen molar-refractivity contribution in [3.05, 3.63) is 42.0 Å². The largest absolute Gasteiger partial charge is 0.396 e. The van der Waals surface area contributed by atoms with Crippen LogP contribution in [0, 0.1) is 5.41 Å². The van der Waals surface area contributed by atoms with Gasteiger partial charge in [-0.3, -0.25) is 0 Å². The van der Waals surface area contributed by atoms with Crippen LogP contribution in [0.4, 0.5) is 0 Å². The average Bonchev–Trinajstić information content (AvgIpc) is 2.49. The molecule has 2 heteroatoms. The topological polar surface area (TPSA) is 32.3 Å². The smallest absolute Gasteiger partial charge is 0.0499 e. The number of benzene rings is 1. The lowest BCUT2D eigenvalue weighted by Gasteiger charge is -2.35. The molecule has 0 aromatic heterocycles. The summed E-state index contributed by atoms with van der Waals surface area (Å²) >= 11 is 0. The van der Waals surface area contributed by atoms with Crippen LogP contribution in [0.25, 0.3) is 6.08 Å². The van der Waals surface area contributed by atoms with Crippen molar-refractivity contribution >= 4 is 6.08 Å². The summed E-state index contributed by atoms with van der Waals surface area (Å²) in [6, 6.07) is 10.3. The first-order valence-corrected chi connectivity index (χ1v) is 7.38. The third-order valence-corrected chi connectivity index (χ3v) is 4.12. The molecule has 0 aliphatic heterocycles. The number of aliphatic hydroxyl groups is 1. The number of nitrogens with one attached hydrogen (secondary N) is 1. The van der Waals surface area contributed by atoms with E-state index in [1.54, 1.807) is 0 Å². The zero-order valence-corrected chi connectivity index (χ0v) is 11.6. The Hall–Kier alpha value is -1.12. The highest BCUT2D eigenvalue weighted by Gasteiger charge is 2.30. The average molecular weight is 259 g/mol. The first kappa shape index (κ1) is 14.3. The molecule has 0 atom stereocenters. The Labute approximate surface area is 116 Å². The van der Waals surface area contributed by atoms with Crippen LogP contribution < -0.4 is 5.32 Å². The number of aliphatic hydroxyl groups excluding tert-OH is 1. The third-order valence-electron chi connectivity index (χ3n) is 4.12. The standard InChI is InChI=1S/C17H25NO/c19-15-17(11-5-2-6-12-17)14-18-13-7-10-16-8-3-1-4-9-16/h1,3-4,7-10,18-19H,2,5-6,11-15H2/b10-7+. The fourth-order valence-corrected chi connectivity index (χ4v) is 2.87. The summed E-state index contributed by atoms with van der Waals surface area (Å²) in [5.41, 5.74) is 1.37. The summed E-state index contributed by atoms with van der Waals surface area (Å²) in [6.07, 6.45) is 10.5. The van der Waals surface area contributed by atoms with Crippen molar-refractivity contribution in [1.29, 1.82) is 0 Å². The molecule has 2 rings (SSSR count). The van der Waals surface area contributed by atoms with Crippen molar-refractivity contribution < 1.29 is 5.11 Å². The van der Waals surface area contributed by atoms with E-state index in [4.69, 9.17) is 0 Å². The van der Waals surface area contributed by atoms with Crippen LogP contribution in [0.3, 0.4) is 0 Å². The molecule has 1 aliphatic carbocycles. The molecule has 0 bridgehead atoms. The molecule has 19 heavy (non-hydrogen) atoms. The molecule has 0 saturated heterocycles. The van der Waals surface area contributed by atoms with Gasteiger partial charge in [-0.2, -0.15) is 0 Å². The second kappa shape index (κ2) is 7.46.